The molecule has 0 N–H and O–H groups in total. The summed E-state index contributed by atoms with van der Waals surface area (Å²) in [6, 6.07) is 15.5. The Bertz CT molecular complexity index is 1540. The van der Waals surface area contributed by atoms with Crippen molar-refractivity contribution in [1.82, 2.24) is 9.55 Å². The number of ketones is 2. The van der Waals surface area contributed by atoms with Crippen molar-refractivity contribution >= 4 is 33.9 Å². The second-order valence-electron chi connectivity index (χ2n) is 9.80. The van der Waals surface area contributed by atoms with Gasteiger partial charge in [-0.2, -0.15) is 0 Å². The molecule has 2 aromatic heterocycles. The van der Waals surface area contributed by atoms with Crippen molar-refractivity contribution in [3.8, 4) is 23.7 Å². The van der Waals surface area contributed by atoms with Gasteiger partial charge in [0.05, 0.1) is 20.8 Å². The summed E-state index contributed by atoms with van der Waals surface area (Å²) in [4.78, 5) is 31.6. The third-order valence-corrected chi connectivity index (χ3v) is 8.44. The summed E-state index contributed by atoms with van der Waals surface area (Å²) in [7, 11) is 0. The minimum Gasteiger partial charge on any atom is -0.321 e. The lowest BCUT2D eigenvalue weighted by molar-refractivity contribution is 0.0944. The number of nitrogens with zero attached hydrogens (tertiary/aromatic N) is 2. The average molecular weight is 531 g/mol. The quantitative estimate of drug-likeness (QED) is 0.170. The van der Waals surface area contributed by atoms with Gasteiger partial charge in [-0.25, -0.2) is 13.8 Å². The van der Waals surface area contributed by atoms with Crippen molar-refractivity contribution in [2.45, 2.75) is 57.9 Å². The van der Waals surface area contributed by atoms with E-state index in [2.05, 4.69) is 10.5 Å². The SMILES string of the molecule is C#Cc1ccc(C(=O)CC2CCCC(n3c(-c4ccccc4C(F)F)nc4cc(C(=O)CC)ccc43)C2)s1. The van der Waals surface area contributed by atoms with Crippen LogP contribution in [0.1, 0.15) is 88.4 Å². The van der Waals surface area contributed by atoms with Crippen LogP contribution < -0.4 is 0 Å². The smallest absolute Gasteiger partial charge is 0.264 e. The summed E-state index contributed by atoms with van der Waals surface area (Å²) in [5, 5.41) is 0. The molecule has 0 amide bonds. The molecule has 1 fully saturated rings. The lowest BCUT2D eigenvalue weighted by Crippen LogP contribution is -2.22. The van der Waals surface area contributed by atoms with Crippen molar-refractivity contribution in [1.29, 1.82) is 0 Å². The molecule has 4 aromatic rings. The molecule has 1 aliphatic carbocycles. The summed E-state index contributed by atoms with van der Waals surface area (Å²) in [6.07, 6.45) is 7.06. The summed E-state index contributed by atoms with van der Waals surface area (Å²) in [6.45, 7) is 1.81. The molecule has 7 heteroatoms. The van der Waals surface area contributed by atoms with Crippen molar-refractivity contribution in [2.24, 2.45) is 5.92 Å². The van der Waals surface area contributed by atoms with Crippen LogP contribution in [0.3, 0.4) is 0 Å². The van der Waals surface area contributed by atoms with E-state index in [0.29, 0.717) is 40.2 Å². The number of Topliss-reactive ketones (excluding diaryl/α,β-unsaturated/α-hetero) is 2. The summed E-state index contributed by atoms with van der Waals surface area (Å²) < 4.78 is 30.1. The lowest BCUT2D eigenvalue weighted by atomic mass is 9.82. The van der Waals surface area contributed by atoms with Crippen LogP contribution in [0.5, 0.6) is 0 Å². The van der Waals surface area contributed by atoms with Gasteiger partial charge < -0.3 is 4.57 Å². The second kappa shape index (κ2) is 11.0. The fourth-order valence-corrected chi connectivity index (χ4v) is 6.30. The maximum atomic E-state index is 14.0. The third-order valence-electron chi connectivity index (χ3n) is 7.39. The fourth-order valence-electron chi connectivity index (χ4n) is 5.54. The largest absolute Gasteiger partial charge is 0.321 e. The van der Waals surface area contributed by atoms with Crippen molar-refractivity contribution in [3.63, 3.8) is 0 Å². The first-order valence-corrected chi connectivity index (χ1v) is 13.7. The highest BCUT2D eigenvalue weighted by Crippen LogP contribution is 2.41. The highest BCUT2D eigenvalue weighted by molar-refractivity contribution is 7.14. The van der Waals surface area contributed by atoms with Crippen molar-refractivity contribution in [2.75, 3.05) is 0 Å². The van der Waals surface area contributed by atoms with Crippen molar-refractivity contribution in [3.05, 3.63) is 75.5 Å². The first kappa shape index (κ1) is 26.0. The molecule has 2 unspecified atom stereocenters. The van der Waals surface area contributed by atoms with Crippen molar-refractivity contribution < 1.29 is 18.4 Å². The number of benzene rings is 2. The Labute approximate surface area is 224 Å². The number of halogens is 2. The zero-order valence-electron chi connectivity index (χ0n) is 21.1. The predicted molar refractivity (Wildman–Crippen MR) is 147 cm³/mol. The molecule has 38 heavy (non-hydrogen) atoms. The van der Waals surface area contributed by atoms with Crippen LogP contribution in [0.4, 0.5) is 8.78 Å². The van der Waals surface area contributed by atoms with Crippen LogP contribution in [-0.2, 0) is 0 Å². The minimum atomic E-state index is -2.65. The number of hydrogen-bond acceptors (Lipinski definition) is 4. The number of thiophene rings is 1. The molecule has 2 heterocycles. The predicted octanol–water partition coefficient (Wildman–Crippen LogP) is 8.28. The lowest BCUT2D eigenvalue weighted by Gasteiger charge is -2.31. The fraction of sp³-hybridized carbons (Fsp3) is 0.323. The van der Waals surface area contributed by atoms with E-state index in [1.54, 1.807) is 42.5 Å². The average Bonchev–Trinajstić information content (AvgIpc) is 3.57. The molecule has 4 nitrogen and oxygen atoms in total. The van der Waals surface area contributed by atoms with Crippen LogP contribution >= 0.6 is 11.3 Å². The Morgan fingerprint density at radius 1 is 1.13 bits per heavy atom. The molecule has 0 aliphatic heterocycles. The molecule has 0 saturated heterocycles. The molecule has 2 atom stereocenters. The van der Waals surface area contributed by atoms with E-state index in [0.717, 1.165) is 36.1 Å². The Balaban J connectivity index is 1.54. The number of fused-ring (bicyclic) bond motifs is 1. The number of rotatable bonds is 8. The number of aromatic nitrogens is 2. The van der Waals surface area contributed by atoms with Gasteiger partial charge in [0, 0.05) is 35.6 Å². The van der Waals surface area contributed by atoms with Gasteiger partial charge in [0.1, 0.15) is 5.82 Å². The summed E-state index contributed by atoms with van der Waals surface area (Å²) >= 11 is 1.34. The molecule has 2 aromatic carbocycles. The molecule has 5 rings (SSSR count). The van der Waals surface area contributed by atoms with E-state index >= 15 is 0 Å². The zero-order chi connectivity index (χ0) is 26.8. The van der Waals surface area contributed by atoms with Gasteiger partial charge in [-0.3, -0.25) is 9.59 Å². The van der Waals surface area contributed by atoms with E-state index in [1.165, 1.54) is 17.4 Å². The maximum Gasteiger partial charge on any atom is 0.264 e. The number of carbonyl (C=O) groups is 2. The van der Waals surface area contributed by atoms with Crippen LogP contribution in [0, 0.1) is 18.3 Å². The van der Waals surface area contributed by atoms with Crippen LogP contribution in [0.15, 0.2) is 54.6 Å². The maximum absolute atomic E-state index is 14.0. The molecule has 1 aliphatic rings. The summed E-state index contributed by atoms with van der Waals surface area (Å²) in [5.74, 6) is 3.31. The van der Waals surface area contributed by atoms with Gasteiger partial charge in [0.15, 0.2) is 11.6 Å². The van der Waals surface area contributed by atoms with Gasteiger partial charge in [-0.1, -0.05) is 43.5 Å². The number of terminal acetylenes is 1. The molecular weight excluding hydrogens is 502 g/mol. The summed E-state index contributed by atoms with van der Waals surface area (Å²) in [5.41, 5.74) is 2.31. The molecule has 0 radical (unpaired) electrons. The molecule has 194 valence electrons. The minimum absolute atomic E-state index is 0.00814. The standard InChI is InChI=1S/C31H28F2N2O2S/c1-3-22-13-15-29(38-22)28(37)17-19-8-7-9-21(16-19)35-26-14-12-20(27(36)4-2)18-25(26)34-31(35)24-11-6-5-10-23(24)30(32)33/h1,5-6,10-15,18-19,21,30H,4,7-9,16-17H2,2H3. The van der Waals surface area contributed by atoms with E-state index < -0.39 is 6.43 Å². The van der Waals surface area contributed by atoms with Gasteiger partial charge >= 0.3 is 0 Å². The topological polar surface area (TPSA) is 52.0 Å². The Hall–Kier alpha value is -3.63. The third kappa shape index (κ3) is 5.06. The van der Waals surface area contributed by atoms with Crippen LogP contribution in [0.2, 0.25) is 0 Å². The van der Waals surface area contributed by atoms with E-state index in [4.69, 9.17) is 11.4 Å². The first-order chi connectivity index (χ1) is 18.4. The Kier molecular flexibility index (Phi) is 7.53. The van der Waals surface area contributed by atoms with Gasteiger partial charge in [-0.15, -0.1) is 17.8 Å². The van der Waals surface area contributed by atoms with Crippen LogP contribution in [0.25, 0.3) is 22.4 Å². The normalized spacial score (nSPS) is 17.6. The van der Waals surface area contributed by atoms with Crippen LogP contribution in [-0.4, -0.2) is 21.1 Å². The second-order valence-corrected chi connectivity index (χ2v) is 10.9. The Morgan fingerprint density at radius 3 is 2.68 bits per heavy atom. The number of alkyl halides is 2. The number of carbonyl (C=O) groups excluding carboxylic acids is 2. The monoisotopic (exact) mass is 530 g/mol. The van der Waals surface area contributed by atoms with Gasteiger partial charge in [0.2, 0.25) is 0 Å². The highest BCUT2D eigenvalue weighted by Gasteiger charge is 2.30. The van der Waals surface area contributed by atoms with Gasteiger partial charge in [-0.05, 0) is 55.5 Å². The van der Waals surface area contributed by atoms with E-state index in [1.807, 2.05) is 13.0 Å². The number of hydrogen-bond donors (Lipinski definition) is 0. The van der Waals surface area contributed by atoms with E-state index in [-0.39, 0.29) is 29.1 Å². The van der Waals surface area contributed by atoms with E-state index in [9.17, 15) is 18.4 Å². The molecular formula is C31H28F2N2O2S. The highest BCUT2D eigenvalue weighted by atomic mass is 32.1. The zero-order valence-corrected chi connectivity index (χ0v) is 21.9. The Morgan fingerprint density at radius 2 is 1.95 bits per heavy atom. The molecule has 1 saturated carbocycles. The molecule has 0 spiro atoms. The number of imidazole rings is 1. The first-order valence-electron chi connectivity index (χ1n) is 12.9. The molecule has 0 bridgehead atoms. The van der Waals surface area contributed by atoms with Gasteiger partial charge in [0.25, 0.3) is 6.43 Å².